The summed E-state index contributed by atoms with van der Waals surface area (Å²) in [6.07, 6.45) is 6.74. The first kappa shape index (κ1) is 22.9. The summed E-state index contributed by atoms with van der Waals surface area (Å²) in [5, 5.41) is 8.17. The molecule has 1 fully saturated rings. The zero-order valence-corrected chi connectivity index (χ0v) is 20.6. The van der Waals surface area contributed by atoms with Gasteiger partial charge < -0.3 is 9.09 Å². The Balaban J connectivity index is 1.71. The van der Waals surface area contributed by atoms with Crippen molar-refractivity contribution in [1.82, 2.24) is 24.5 Å². The normalized spacial score (nSPS) is 17.0. The molecule has 0 unspecified atom stereocenters. The Labute approximate surface area is 199 Å². The molecule has 0 aromatic carbocycles. The molecule has 1 aliphatic rings. The van der Waals surface area contributed by atoms with Crippen molar-refractivity contribution in [3.8, 4) is 22.3 Å². The number of aryl methyl sites for hydroxylation is 3. The van der Waals surface area contributed by atoms with E-state index in [1.807, 2.05) is 44.9 Å². The number of hydrogen-bond acceptors (Lipinski definition) is 4. The largest absolute Gasteiger partial charge is 0.361 e. The number of hydrogen-bond donors (Lipinski definition) is 0. The Morgan fingerprint density at radius 2 is 1.82 bits per heavy atom. The molecule has 6 nitrogen and oxygen atoms in total. The van der Waals surface area contributed by atoms with E-state index >= 15 is 0 Å². The van der Waals surface area contributed by atoms with Gasteiger partial charge in [0.2, 0.25) is 5.92 Å². The third kappa shape index (κ3) is 3.58. The summed E-state index contributed by atoms with van der Waals surface area (Å²) in [6.45, 7) is 5.86. The number of nitrogens with zero attached hydrogens (tertiary/aromatic N) is 5. The average Bonchev–Trinajstić information content (AvgIpc) is 3.43. The highest BCUT2D eigenvalue weighted by atomic mass is 19.3. The van der Waals surface area contributed by atoms with Gasteiger partial charge in [-0.05, 0) is 50.9 Å². The molecule has 34 heavy (non-hydrogen) atoms. The number of alkyl halides is 2. The van der Waals surface area contributed by atoms with E-state index in [0.717, 1.165) is 50.4 Å². The maximum absolute atomic E-state index is 13.9. The van der Waals surface area contributed by atoms with Gasteiger partial charge >= 0.3 is 0 Å². The molecule has 0 radical (unpaired) electrons. The molecule has 176 valence electrons. The first-order valence-corrected chi connectivity index (χ1v) is 11.8. The maximum Gasteiger partial charge on any atom is 0.248 e. The van der Waals surface area contributed by atoms with E-state index in [0.29, 0.717) is 12.8 Å². The molecule has 0 aliphatic heterocycles. The number of aromatic nitrogens is 5. The number of fused-ring (bicyclic) bond motifs is 1. The highest BCUT2D eigenvalue weighted by molar-refractivity contribution is 6.38. The third-order valence-electron chi connectivity index (χ3n) is 7.82. The fourth-order valence-corrected chi connectivity index (χ4v) is 5.52. The molecule has 0 spiro atoms. The van der Waals surface area contributed by atoms with Crippen molar-refractivity contribution >= 4 is 26.7 Å². The molecule has 0 N–H and O–H groups in total. The molecule has 0 amide bonds. The predicted molar refractivity (Wildman–Crippen MR) is 134 cm³/mol. The molecule has 0 atom stereocenters. The van der Waals surface area contributed by atoms with Crippen LogP contribution in [0, 0.1) is 26.7 Å². The van der Waals surface area contributed by atoms with Gasteiger partial charge in [0.1, 0.15) is 21.5 Å². The summed E-state index contributed by atoms with van der Waals surface area (Å²) in [4.78, 5) is 4.90. The minimum atomic E-state index is -2.55. The van der Waals surface area contributed by atoms with Crippen LogP contribution < -0.4 is 0 Å². The molecule has 0 saturated heterocycles. The van der Waals surface area contributed by atoms with Gasteiger partial charge in [0.25, 0.3) is 0 Å². The Morgan fingerprint density at radius 3 is 2.41 bits per heavy atom. The summed E-state index contributed by atoms with van der Waals surface area (Å²) in [7, 11) is 6.24. The average molecular weight is 463 g/mol. The van der Waals surface area contributed by atoms with Gasteiger partial charge in [0, 0.05) is 60.2 Å². The second-order valence-corrected chi connectivity index (χ2v) is 10.3. The smallest absolute Gasteiger partial charge is 0.248 e. The molecule has 10 heteroatoms. The van der Waals surface area contributed by atoms with Gasteiger partial charge in [0.05, 0.1) is 22.9 Å². The van der Waals surface area contributed by atoms with Gasteiger partial charge in [-0.1, -0.05) is 5.16 Å². The first-order chi connectivity index (χ1) is 16.0. The molecule has 0 bridgehead atoms. The van der Waals surface area contributed by atoms with Gasteiger partial charge in [-0.25, -0.2) is 8.78 Å². The molecular weight excluding hydrogens is 434 g/mol. The maximum atomic E-state index is 13.9. The van der Waals surface area contributed by atoms with Crippen molar-refractivity contribution in [2.24, 2.45) is 13.0 Å². The van der Waals surface area contributed by atoms with Crippen LogP contribution >= 0.6 is 0 Å². The molecule has 4 heterocycles. The van der Waals surface area contributed by atoms with E-state index in [1.165, 1.54) is 0 Å². The van der Waals surface area contributed by atoms with Crippen LogP contribution in [0.2, 0.25) is 0 Å². The summed E-state index contributed by atoms with van der Waals surface area (Å²) in [5.74, 6) is -1.68. The molecule has 5 rings (SSSR count). The zero-order chi connectivity index (χ0) is 24.4. The number of pyridine rings is 1. The molecule has 4 aromatic rings. The van der Waals surface area contributed by atoms with E-state index in [2.05, 4.69) is 42.8 Å². The summed E-state index contributed by atoms with van der Waals surface area (Å²) in [5.41, 5.74) is 7.60. The van der Waals surface area contributed by atoms with Crippen LogP contribution in [0.5, 0.6) is 0 Å². The van der Waals surface area contributed by atoms with E-state index < -0.39 is 5.92 Å². The second kappa shape index (κ2) is 7.82. The van der Waals surface area contributed by atoms with Crippen molar-refractivity contribution in [1.29, 1.82) is 0 Å². The lowest BCUT2D eigenvalue weighted by molar-refractivity contribution is -0.0498. The quantitative estimate of drug-likeness (QED) is 0.433. The Bertz CT molecular complexity index is 1360. The molecule has 4 aromatic heterocycles. The highest BCUT2D eigenvalue weighted by Gasteiger charge is 2.41. The van der Waals surface area contributed by atoms with Crippen LogP contribution in [0.15, 0.2) is 29.2 Å². The van der Waals surface area contributed by atoms with E-state index in [9.17, 15) is 8.78 Å². The van der Waals surface area contributed by atoms with Crippen LogP contribution in [0.4, 0.5) is 8.78 Å². The highest BCUT2D eigenvalue weighted by Crippen LogP contribution is 2.44. The monoisotopic (exact) mass is 463 g/mol. The van der Waals surface area contributed by atoms with Crippen molar-refractivity contribution in [3.63, 3.8) is 0 Å². The summed E-state index contributed by atoms with van der Waals surface area (Å²) < 4.78 is 37.4. The SMILES string of the molecule is BC(B)(C1CCC(F)(F)CC1)n1cc(-c2cnn(C)c2C)c2ncc(-c3c(C)noc3C)cc21. The van der Waals surface area contributed by atoms with Crippen LogP contribution in [0.25, 0.3) is 33.3 Å². The first-order valence-electron chi connectivity index (χ1n) is 11.8. The molecule has 1 aliphatic carbocycles. The minimum Gasteiger partial charge on any atom is -0.361 e. The third-order valence-corrected chi connectivity index (χ3v) is 7.82. The van der Waals surface area contributed by atoms with Gasteiger partial charge in [0.15, 0.2) is 0 Å². The fourth-order valence-electron chi connectivity index (χ4n) is 5.52. The Morgan fingerprint density at radius 1 is 1.12 bits per heavy atom. The van der Waals surface area contributed by atoms with Crippen molar-refractivity contribution in [3.05, 3.63) is 41.8 Å². The topological polar surface area (TPSA) is 61.7 Å². The molecule has 1 saturated carbocycles. The van der Waals surface area contributed by atoms with Gasteiger partial charge in [-0.2, -0.15) is 5.10 Å². The Hall–Kier alpha value is -2.90. The van der Waals surface area contributed by atoms with Crippen molar-refractivity contribution in [2.75, 3.05) is 0 Å². The lowest BCUT2D eigenvalue weighted by atomic mass is 9.52. The summed E-state index contributed by atoms with van der Waals surface area (Å²) >= 11 is 0. The van der Waals surface area contributed by atoms with Crippen molar-refractivity contribution in [2.45, 2.75) is 57.7 Å². The van der Waals surface area contributed by atoms with Crippen LogP contribution in [0.3, 0.4) is 0 Å². The lowest BCUT2D eigenvalue weighted by Gasteiger charge is -2.41. The van der Waals surface area contributed by atoms with Crippen molar-refractivity contribution < 1.29 is 13.3 Å². The minimum absolute atomic E-state index is 0.0581. The standard InChI is InChI=1S/C24H29B2F2N5O/c1-13-21(15(3)34-31-13)16-9-20-22(29-10-16)19(18-11-30-32(4)14(18)2)12-33(20)24(25,26)17-5-7-23(27,28)8-6-17/h9-12,17H,5-8,25-26H2,1-4H3. The van der Waals surface area contributed by atoms with Crippen LogP contribution in [0.1, 0.15) is 42.8 Å². The second-order valence-electron chi connectivity index (χ2n) is 10.3. The lowest BCUT2D eigenvalue weighted by Crippen LogP contribution is -2.45. The van der Waals surface area contributed by atoms with E-state index in [1.54, 1.807) is 0 Å². The van der Waals surface area contributed by atoms with Crippen LogP contribution in [-0.2, 0) is 12.4 Å². The summed E-state index contributed by atoms with van der Waals surface area (Å²) in [6, 6.07) is 2.13. The molecular formula is C24H29B2F2N5O. The predicted octanol–water partition coefficient (Wildman–Crippen LogP) is 3.72. The van der Waals surface area contributed by atoms with Crippen LogP contribution in [-0.4, -0.2) is 46.1 Å². The van der Waals surface area contributed by atoms with Gasteiger partial charge in [-0.3, -0.25) is 9.67 Å². The zero-order valence-electron chi connectivity index (χ0n) is 20.6. The van der Waals surface area contributed by atoms with Gasteiger partial charge in [-0.15, -0.1) is 0 Å². The number of rotatable bonds is 4. The fraction of sp³-hybridized carbons (Fsp3) is 0.458. The van der Waals surface area contributed by atoms with E-state index in [-0.39, 0.29) is 24.1 Å². The van der Waals surface area contributed by atoms with E-state index in [4.69, 9.17) is 9.51 Å². The number of halogens is 2. The Kier molecular flexibility index (Phi) is 5.26.